The summed E-state index contributed by atoms with van der Waals surface area (Å²) in [6.07, 6.45) is 0.392. The van der Waals surface area contributed by atoms with Crippen molar-refractivity contribution in [1.29, 1.82) is 0 Å². The zero-order valence-electron chi connectivity index (χ0n) is 9.44. The molecule has 1 aliphatic rings. The number of methoxy groups -OCH3 is 1. The van der Waals surface area contributed by atoms with E-state index in [0.29, 0.717) is 32.7 Å². The third-order valence-electron chi connectivity index (χ3n) is 2.61. The van der Waals surface area contributed by atoms with Crippen molar-refractivity contribution in [2.45, 2.75) is 25.6 Å². The van der Waals surface area contributed by atoms with Crippen molar-refractivity contribution in [1.82, 2.24) is 4.90 Å². The Morgan fingerprint density at radius 3 is 2.67 bits per heavy atom. The van der Waals surface area contributed by atoms with Gasteiger partial charge in [0, 0.05) is 39.8 Å². The van der Waals surface area contributed by atoms with Crippen LogP contribution < -0.4 is 5.73 Å². The predicted octanol–water partition coefficient (Wildman–Crippen LogP) is -0.402. The number of likely N-dealkylation sites (tertiary alicyclic amines) is 1. The minimum atomic E-state index is -0.00771. The first-order chi connectivity index (χ1) is 7.22. The monoisotopic (exact) mass is 216 g/mol. The average molecular weight is 216 g/mol. The van der Waals surface area contributed by atoms with Crippen LogP contribution in [0.4, 0.5) is 0 Å². The highest BCUT2D eigenvalue weighted by Gasteiger charge is 2.35. The molecule has 15 heavy (non-hydrogen) atoms. The Hall–Kier alpha value is -0.650. The molecule has 1 rings (SSSR count). The zero-order chi connectivity index (χ0) is 11.3. The van der Waals surface area contributed by atoms with Gasteiger partial charge >= 0.3 is 0 Å². The third kappa shape index (κ3) is 3.15. The molecule has 0 aromatic rings. The van der Waals surface area contributed by atoms with E-state index in [9.17, 15) is 4.79 Å². The molecule has 2 atom stereocenters. The van der Waals surface area contributed by atoms with E-state index in [2.05, 4.69) is 0 Å². The van der Waals surface area contributed by atoms with Crippen LogP contribution in [0.5, 0.6) is 0 Å². The number of amides is 1. The number of ether oxygens (including phenoxy) is 2. The summed E-state index contributed by atoms with van der Waals surface area (Å²) in [5.41, 5.74) is 5.35. The molecule has 1 fully saturated rings. The molecule has 0 radical (unpaired) electrons. The third-order valence-corrected chi connectivity index (χ3v) is 2.61. The lowest BCUT2D eigenvalue weighted by Crippen LogP contribution is -2.31. The number of carbonyl (C=O) groups excluding carboxylic acids is 1. The quantitative estimate of drug-likeness (QED) is 0.679. The molecule has 0 aromatic carbocycles. The molecule has 0 bridgehead atoms. The summed E-state index contributed by atoms with van der Waals surface area (Å²) in [7, 11) is 1.65. The molecule has 2 N–H and O–H groups in total. The first kappa shape index (κ1) is 12.4. The minimum Gasteiger partial charge on any atom is -0.377 e. The van der Waals surface area contributed by atoms with E-state index in [0.717, 1.165) is 0 Å². The normalized spacial score (nSPS) is 25.9. The van der Waals surface area contributed by atoms with Crippen LogP contribution in [-0.2, 0) is 14.3 Å². The van der Waals surface area contributed by atoms with Crippen LogP contribution in [0.15, 0.2) is 0 Å². The zero-order valence-corrected chi connectivity index (χ0v) is 9.44. The Labute approximate surface area is 90.5 Å². The summed E-state index contributed by atoms with van der Waals surface area (Å²) in [6.45, 7) is 4.21. The fourth-order valence-corrected chi connectivity index (χ4v) is 1.83. The van der Waals surface area contributed by atoms with Gasteiger partial charge in [-0.15, -0.1) is 0 Å². The molecular weight excluding hydrogens is 196 g/mol. The van der Waals surface area contributed by atoms with E-state index in [4.69, 9.17) is 15.2 Å². The van der Waals surface area contributed by atoms with Crippen molar-refractivity contribution in [2.75, 3.05) is 33.4 Å². The summed E-state index contributed by atoms with van der Waals surface area (Å²) in [6, 6.07) is 0. The second-order valence-corrected chi connectivity index (χ2v) is 3.61. The van der Waals surface area contributed by atoms with E-state index in [-0.39, 0.29) is 18.1 Å². The average Bonchev–Trinajstić information content (AvgIpc) is 2.62. The van der Waals surface area contributed by atoms with Gasteiger partial charge < -0.3 is 20.1 Å². The van der Waals surface area contributed by atoms with Crippen molar-refractivity contribution in [3.05, 3.63) is 0 Å². The van der Waals surface area contributed by atoms with Gasteiger partial charge in [-0.2, -0.15) is 0 Å². The van der Waals surface area contributed by atoms with Gasteiger partial charge in [-0.1, -0.05) is 0 Å². The van der Waals surface area contributed by atoms with Crippen LogP contribution in [-0.4, -0.2) is 56.4 Å². The number of nitrogens with zero attached hydrogens (tertiary/aromatic N) is 1. The lowest BCUT2D eigenvalue weighted by Gasteiger charge is -2.15. The second kappa shape index (κ2) is 6.05. The Morgan fingerprint density at radius 2 is 2.13 bits per heavy atom. The summed E-state index contributed by atoms with van der Waals surface area (Å²) < 4.78 is 10.8. The van der Waals surface area contributed by atoms with Crippen LogP contribution in [0.1, 0.15) is 13.3 Å². The molecule has 1 amide bonds. The standard InChI is InChI=1S/C10H20N2O3/c1-3-15-9-7-12(6-8(9)14-2)10(13)4-5-11/h8-9H,3-7,11H2,1-2H3/t8-,9+/m0/s1. The largest absolute Gasteiger partial charge is 0.377 e. The van der Waals surface area contributed by atoms with Crippen LogP contribution in [0.25, 0.3) is 0 Å². The molecule has 5 nitrogen and oxygen atoms in total. The van der Waals surface area contributed by atoms with Crippen molar-refractivity contribution in [3.63, 3.8) is 0 Å². The topological polar surface area (TPSA) is 64.8 Å². The lowest BCUT2D eigenvalue weighted by atomic mass is 10.2. The summed E-state index contributed by atoms with van der Waals surface area (Å²) >= 11 is 0. The molecule has 0 unspecified atom stereocenters. The van der Waals surface area contributed by atoms with Gasteiger partial charge in [0.25, 0.3) is 0 Å². The summed E-state index contributed by atoms with van der Waals surface area (Å²) in [4.78, 5) is 13.4. The van der Waals surface area contributed by atoms with Gasteiger partial charge in [0.05, 0.1) is 0 Å². The van der Waals surface area contributed by atoms with Gasteiger partial charge in [0.2, 0.25) is 5.91 Å². The van der Waals surface area contributed by atoms with Crippen LogP contribution in [0.3, 0.4) is 0 Å². The van der Waals surface area contributed by atoms with Gasteiger partial charge in [0.15, 0.2) is 0 Å². The Bertz CT molecular complexity index is 211. The van der Waals surface area contributed by atoms with Gasteiger partial charge in [-0.05, 0) is 6.92 Å². The van der Waals surface area contributed by atoms with E-state index >= 15 is 0 Å². The van der Waals surface area contributed by atoms with Crippen molar-refractivity contribution >= 4 is 5.91 Å². The maximum absolute atomic E-state index is 11.6. The Morgan fingerprint density at radius 1 is 1.47 bits per heavy atom. The molecule has 0 aromatic heterocycles. The number of rotatable bonds is 5. The fraction of sp³-hybridized carbons (Fsp3) is 0.900. The smallest absolute Gasteiger partial charge is 0.224 e. The summed E-state index contributed by atoms with van der Waals surface area (Å²) in [5.74, 6) is 0.0850. The molecular formula is C10H20N2O3. The van der Waals surface area contributed by atoms with Crippen LogP contribution in [0, 0.1) is 0 Å². The van der Waals surface area contributed by atoms with Crippen molar-refractivity contribution in [3.8, 4) is 0 Å². The maximum Gasteiger partial charge on any atom is 0.224 e. The molecule has 0 saturated carbocycles. The summed E-state index contributed by atoms with van der Waals surface area (Å²) in [5, 5.41) is 0. The van der Waals surface area contributed by atoms with Gasteiger partial charge in [-0.3, -0.25) is 4.79 Å². The highest BCUT2D eigenvalue weighted by molar-refractivity contribution is 5.76. The van der Waals surface area contributed by atoms with Crippen LogP contribution in [0.2, 0.25) is 0 Å². The van der Waals surface area contributed by atoms with E-state index in [1.165, 1.54) is 0 Å². The maximum atomic E-state index is 11.6. The minimum absolute atomic E-state index is 0.00160. The molecule has 0 aliphatic carbocycles. The highest BCUT2D eigenvalue weighted by atomic mass is 16.5. The van der Waals surface area contributed by atoms with Gasteiger partial charge in [-0.25, -0.2) is 0 Å². The number of hydrogen-bond acceptors (Lipinski definition) is 4. The van der Waals surface area contributed by atoms with Crippen molar-refractivity contribution < 1.29 is 14.3 Å². The van der Waals surface area contributed by atoms with Crippen molar-refractivity contribution in [2.24, 2.45) is 5.73 Å². The molecule has 0 spiro atoms. The van der Waals surface area contributed by atoms with Gasteiger partial charge in [0.1, 0.15) is 12.2 Å². The predicted molar refractivity (Wildman–Crippen MR) is 56.5 cm³/mol. The highest BCUT2D eigenvalue weighted by Crippen LogP contribution is 2.16. The Balaban J connectivity index is 2.48. The van der Waals surface area contributed by atoms with E-state index in [1.807, 2.05) is 6.92 Å². The SMILES string of the molecule is CCO[C@@H]1CN(C(=O)CCN)C[C@@H]1OC. The number of hydrogen-bond donors (Lipinski definition) is 1. The van der Waals surface area contributed by atoms with Crippen LogP contribution >= 0.6 is 0 Å². The van der Waals surface area contributed by atoms with E-state index in [1.54, 1.807) is 12.0 Å². The molecule has 1 heterocycles. The molecule has 88 valence electrons. The Kier molecular flexibility index (Phi) is 5.01. The lowest BCUT2D eigenvalue weighted by molar-refractivity contribution is -0.130. The first-order valence-electron chi connectivity index (χ1n) is 5.35. The number of nitrogens with two attached hydrogens (primary N) is 1. The molecule has 5 heteroatoms. The van der Waals surface area contributed by atoms with E-state index < -0.39 is 0 Å². The molecule has 1 aliphatic heterocycles. The molecule has 1 saturated heterocycles. The first-order valence-corrected chi connectivity index (χ1v) is 5.35. The fourth-order valence-electron chi connectivity index (χ4n) is 1.83. The second-order valence-electron chi connectivity index (χ2n) is 3.61. The number of carbonyl (C=O) groups is 1.